The number of nitrogens with one attached hydrogen (secondary N) is 1. The third-order valence-corrected chi connectivity index (χ3v) is 2.41. The molecule has 5 nitrogen and oxygen atoms in total. The van der Waals surface area contributed by atoms with Gasteiger partial charge in [-0.2, -0.15) is 0 Å². The minimum atomic E-state index is -0.290. The van der Waals surface area contributed by atoms with Crippen LogP contribution < -0.4 is 11.1 Å². The van der Waals surface area contributed by atoms with Crippen molar-refractivity contribution >= 4 is 5.91 Å². The number of benzene rings is 1. The Labute approximate surface area is 107 Å². The lowest BCUT2D eigenvalue weighted by Gasteiger charge is -2.16. The number of amides is 1. The van der Waals surface area contributed by atoms with E-state index in [9.17, 15) is 9.90 Å². The number of carbonyl (C=O) groups excluding carboxylic acids is 1. The third-order valence-electron chi connectivity index (χ3n) is 2.41. The van der Waals surface area contributed by atoms with Gasteiger partial charge in [0.1, 0.15) is 6.61 Å². The van der Waals surface area contributed by atoms with Crippen LogP contribution in [-0.2, 0) is 16.0 Å². The molecule has 1 amide bonds. The largest absolute Gasteiger partial charge is 0.394 e. The first kappa shape index (κ1) is 14.6. The molecule has 0 bridgehead atoms. The molecule has 0 spiro atoms. The maximum absolute atomic E-state index is 11.5. The van der Waals surface area contributed by atoms with Crippen LogP contribution in [0.15, 0.2) is 30.3 Å². The summed E-state index contributed by atoms with van der Waals surface area (Å²) in [5, 5.41) is 12.0. The van der Waals surface area contributed by atoms with Crippen molar-refractivity contribution in [2.45, 2.75) is 12.5 Å². The van der Waals surface area contributed by atoms with Crippen molar-refractivity contribution in [1.29, 1.82) is 0 Å². The summed E-state index contributed by atoms with van der Waals surface area (Å²) in [6.07, 6.45) is 0.597. The van der Waals surface area contributed by atoms with Crippen LogP contribution in [0.2, 0.25) is 0 Å². The zero-order chi connectivity index (χ0) is 13.2. The van der Waals surface area contributed by atoms with Crippen LogP contribution in [0.25, 0.3) is 0 Å². The fourth-order valence-electron chi connectivity index (χ4n) is 1.58. The van der Waals surface area contributed by atoms with Gasteiger partial charge in [-0.15, -0.1) is 0 Å². The lowest BCUT2D eigenvalue weighted by Crippen LogP contribution is -2.41. The van der Waals surface area contributed by atoms with E-state index in [1.807, 2.05) is 30.3 Å². The predicted octanol–water partition coefficient (Wildman–Crippen LogP) is -0.318. The van der Waals surface area contributed by atoms with Crippen molar-refractivity contribution < 1.29 is 14.6 Å². The van der Waals surface area contributed by atoms with Crippen molar-refractivity contribution in [1.82, 2.24) is 5.32 Å². The summed E-state index contributed by atoms with van der Waals surface area (Å²) < 4.78 is 5.02. The first-order chi connectivity index (χ1) is 8.76. The molecule has 18 heavy (non-hydrogen) atoms. The summed E-state index contributed by atoms with van der Waals surface area (Å²) in [7, 11) is 0. The maximum Gasteiger partial charge on any atom is 0.246 e. The Morgan fingerprint density at radius 1 is 1.39 bits per heavy atom. The minimum absolute atomic E-state index is 0.0253. The standard InChI is InChI=1S/C13H20N2O3/c14-6-7-18-10-13(17)15-12(9-16)8-11-4-2-1-3-5-11/h1-5,12,16H,6-10,14H2,(H,15,17)/t12-/m0/s1. The van der Waals surface area contributed by atoms with E-state index in [1.165, 1.54) is 0 Å². The van der Waals surface area contributed by atoms with Gasteiger partial charge in [0.25, 0.3) is 0 Å². The number of hydrogen-bond donors (Lipinski definition) is 3. The monoisotopic (exact) mass is 252 g/mol. The van der Waals surface area contributed by atoms with Crippen LogP contribution in [0.1, 0.15) is 5.56 Å². The molecule has 0 heterocycles. The smallest absolute Gasteiger partial charge is 0.246 e. The molecule has 0 aliphatic rings. The van der Waals surface area contributed by atoms with Gasteiger partial charge < -0.3 is 20.9 Å². The Morgan fingerprint density at radius 2 is 2.11 bits per heavy atom. The van der Waals surface area contributed by atoms with Gasteiger partial charge in [0.2, 0.25) is 5.91 Å². The van der Waals surface area contributed by atoms with Crippen LogP contribution >= 0.6 is 0 Å². The molecule has 4 N–H and O–H groups in total. The van der Waals surface area contributed by atoms with E-state index in [0.29, 0.717) is 19.6 Å². The van der Waals surface area contributed by atoms with E-state index >= 15 is 0 Å². The number of aliphatic hydroxyl groups is 1. The van der Waals surface area contributed by atoms with Crippen molar-refractivity contribution in [3.05, 3.63) is 35.9 Å². The Morgan fingerprint density at radius 3 is 2.72 bits per heavy atom. The Hall–Kier alpha value is -1.43. The molecule has 0 aliphatic carbocycles. The molecular weight excluding hydrogens is 232 g/mol. The fourth-order valence-corrected chi connectivity index (χ4v) is 1.58. The van der Waals surface area contributed by atoms with Crippen LogP contribution in [-0.4, -0.2) is 43.4 Å². The second kappa shape index (κ2) is 8.63. The summed E-state index contributed by atoms with van der Waals surface area (Å²) in [4.78, 5) is 11.5. The van der Waals surface area contributed by atoms with E-state index < -0.39 is 0 Å². The van der Waals surface area contributed by atoms with Gasteiger partial charge in [-0.3, -0.25) is 4.79 Å². The molecule has 0 aliphatic heterocycles. The highest BCUT2D eigenvalue weighted by atomic mass is 16.5. The van der Waals surface area contributed by atoms with Crippen molar-refractivity contribution in [3.8, 4) is 0 Å². The van der Waals surface area contributed by atoms with Crippen LogP contribution in [0.4, 0.5) is 0 Å². The summed E-state index contributed by atoms with van der Waals surface area (Å²) in [5.41, 5.74) is 6.32. The quantitative estimate of drug-likeness (QED) is 0.554. The van der Waals surface area contributed by atoms with E-state index in [-0.39, 0.29) is 25.2 Å². The third kappa shape index (κ3) is 5.77. The van der Waals surface area contributed by atoms with E-state index in [0.717, 1.165) is 5.56 Å². The Bertz CT molecular complexity index is 343. The van der Waals surface area contributed by atoms with Gasteiger partial charge >= 0.3 is 0 Å². The van der Waals surface area contributed by atoms with Gasteiger partial charge in [-0.1, -0.05) is 30.3 Å². The molecule has 0 radical (unpaired) electrons. The molecule has 0 unspecified atom stereocenters. The zero-order valence-electron chi connectivity index (χ0n) is 10.3. The molecule has 1 aromatic carbocycles. The first-order valence-corrected chi connectivity index (χ1v) is 5.98. The van der Waals surface area contributed by atoms with Crippen molar-refractivity contribution in [3.63, 3.8) is 0 Å². The summed E-state index contributed by atoms with van der Waals surface area (Å²) in [5.74, 6) is -0.238. The molecule has 0 aromatic heterocycles. The highest BCUT2D eigenvalue weighted by Crippen LogP contribution is 2.02. The summed E-state index contributed by atoms with van der Waals surface area (Å²) in [6.45, 7) is 0.622. The molecule has 1 rings (SSSR count). The SMILES string of the molecule is NCCOCC(=O)N[C@H](CO)Cc1ccccc1. The second-order valence-corrected chi connectivity index (χ2v) is 3.98. The van der Waals surface area contributed by atoms with Gasteiger partial charge in [0.05, 0.1) is 19.3 Å². The zero-order valence-corrected chi connectivity index (χ0v) is 10.3. The molecule has 1 atom stereocenters. The van der Waals surface area contributed by atoms with E-state index in [2.05, 4.69) is 5.32 Å². The molecule has 0 saturated carbocycles. The Balaban J connectivity index is 2.35. The van der Waals surface area contributed by atoms with Crippen LogP contribution in [0, 0.1) is 0 Å². The van der Waals surface area contributed by atoms with Gasteiger partial charge in [0.15, 0.2) is 0 Å². The average molecular weight is 252 g/mol. The van der Waals surface area contributed by atoms with Gasteiger partial charge in [0, 0.05) is 6.54 Å². The molecule has 0 saturated heterocycles. The number of aliphatic hydroxyl groups excluding tert-OH is 1. The van der Waals surface area contributed by atoms with E-state index in [1.54, 1.807) is 0 Å². The molecular formula is C13H20N2O3. The molecule has 0 fully saturated rings. The first-order valence-electron chi connectivity index (χ1n) is 5.98. The normalized spacial score (nSPS) is 12.1. The van der Waals surface area contributed by atoms with E-state index in [4.69, 9.17) is 10.5 Å². The van der Waals surface area contributed by atoms with Crippen LogP contribution in [0.5, 0.6) is 0 Å². The topological polar surface area (TPSA) is 84.6 Å². The highest BCUT2D eigenvalue weighted by Gasteiger charge is 2.11. The van der Waals surface area contributed by atoms with Gasteiger partial charge in [-0.25, -0.2) is 0 Å². The maximum atomic E-state index is 11.5. The average Bonchev–Trinajstić information content (AvgIpc) is 2.39. The summed E-state index contributed by atoms with van der Waals surface area (Å²) >= 11 is 0. The lowest BCUT2D eigenvalue weighted by molar-refractivity contribution is -0.126. The second-order valence-electron chi connectivity index (χ2n) is 3.98. The highest BCUT2D eigenvalue weighted by molar-refractivity contribution is 5.77. The number of hydrogen-bond acceptors (Lipinski definition) is 4. The Kier molecular flexibility index (Phi) is 7.01. The molecule has 5 heteroatoms. The minimum Gasteiger partial charge on any atom is -0.394 e. The molecule has 1 aromatic rings. The summed E-state index contributed by atoms with van der Waals surface area (Å²) in [6, 6.07) is 9.41. The predicted molar refractivity (Wildman–Crippen MR) is 69.0 cm³/mol. The number of ether oxygens (including phenoxy) is 1. The molecule has 100 valence electrons. The fraction of sp³-hybridized carbons (Fsp3) is 0.462. The lowest BCUT2D eigenvalue weighted by atomic mass is 10.1. The number of carbonyl (C=O) groups is 1. The number of nitrogens with two attached hydrogens (primary N) is 1. The van der Waals surface area contributed by atoms with Gasteiger partial charge in [-0.05, 0) is 12.0 Å². The van der Waals surface area contributed by atoms with Crippen LogP contribution in [0.3, 0.4) is 0 Å². The number of rotatable bonds is 8. The van der Waals surface area contributed by atoms with Crippen molar-refractivity contribution in [2.75, 3.05) is 26.4 Å². The van der Waals surface area contributed by atoms with Crippen molar-refractivity contribution in [2.24, 2.45) is 5.73 Å².